The molecule has 6 heteroatoms. The fraction of sp³-hybridized carbons (Fsp3) is 0.667. The maximum absolute atomic E-state index is 14.9. The normalized spacial score (nSPS) is 26.1. The first-order chi connectivity index (χ1) is 11.4. The van der Waals surface area contributed by atoms with Gasteiger partial charge in [-0.25, -0.2) is 4.39 Å². The predicted molar refractivity (Wildman–Crippen MR) is 94.6 cm³/mol. The molecule has 2 atom stereocenters. The Hall–Kier alpha value is -1.04. The van der Waals surface area contributed by atoms with Crippen molar-refractivity contribution in [3.05, 3.63) is 23.0 Å². The lowest BCUT2D eigenvalue weighted by atomic mass is 9.83. The molecular formula is C18H26ClFN2O2. The number of aliphatic hydroxyl groups is 1. The fourth-order valence-corrected chi connectivity index (χ4v) is 4.23. The second kappa shape index (κ2) is 7.06. The number of nitrogens with one attached hydrogen (secondary N) is 1. The van der Waals surface area contributed by atoms with Gasteiger partial charge in [0.15, 0.2) is 5.82 Å². The summed E-state index contributed by atoms with van der Waals surface area (Å²) in [6.07, 6.45) is 4.58. The van der Waals surface area contributed by atoms with Crippen LogP contribution >= 0.6 is 11.6 Å². The first-order valence-electron chi connectivity index (χ1n) is 8.69. The molecule has 0 unspecified atom stereocenters. The third kappa shape index (κ3) is 3.48. The van der Waals surface area contributed by atoms with Crippen molar-refractivity contribution in [1.82, 2.24) is 5.32 Å². The van der Waals surface area contributed by atoms with Crippen molar-refractivity contribution < 1.29 is 14.2 Å². The third-order valence-corrected chi connectivity index (χ3v) is 5.31. The minimum atomic E-state index is -0.436. The molecule has 1 aliphatic heterocycles. The van der Waals surface area contributed by atoms with Crippen molar-refractivity contribution in [2.24, 2.45) is 0 Å². The molecule has 0 bridgehead atoms. The molecule has 1 saturated carbocycles. The summed E-state index contributed by atoms with van der Waals surface area (Å²) in [4.78, 5) is 2.18. The van der Waals surface area contributed by atoms with E-state index < -0.39 is 5.82 Å². The highest BCUT2D eigenvalue weighted by molar-refractivity contribution is 6.32. The van der Waals surface area contributed by atoms with Gasteiger partial charge in [-0.05, 0) is 38.8 Å². The molecule has 1 saturated heterocycles. The van der Waals surface area contributed by atoms with E-state index >= 15 is 0 Å². The van der Waals surface area contributed by atoms with Gasteiger partial charge in [0, 0.05) is 24.2 Å². The molecule has 0 aromatic heterocycles. The number of piperazine rings is 1. The number of nitrogens with zero attached hydrogens (tertiary/aromatic N) is 1. The third-order valence-electron chi connectivity index (χ3n) is 4.96. The number of fused-ring (bicyclic) bond motifs is 1. The number of anilines is 1. The van der Waals surface area contributed by atoms with Crippen molar-refractivity contribution in [3.63, 3.8) is 0 Å². The molecule has 1 aliphatic carbocycles. The van der Waals surface area contributed by atoms with Crippen molar-refractivity contribution >= 4 is 17.3 Å². The van der Waals surface area contributed by atoms with Gasteiger partial charge in [-0.3, -0.25) is 0 Å². The van der Waals surface area contributed by atoms with E-state index in [0.29, 0.717) is 17.8 Å². The van der Waals surface area contributed by atoms with Gasteiger partial charge in [0.1, 0.15) is 17.4 Å². The summed E-state index contributed by atoms with van der Waals surface area (Å²) in [5.74, 6) is -0.157. The van der Waals surface area contributed by atoms with Crippen LogP contribution in [0, 0.1) is 5.82 Å². The number of rotatable bonds is 4. The summed E-state index contributed by atoms with van der Waals surface area (Å²) in [6.45, 7) is 5.02. The molecule has 0 radical (unpaired) electrons. The molecule has 24 heavy (non-hydrogen) atoms. The van der Waals surface area contributed by atoms with Crippen molar-refractivity contribution in [3.8, 4) is 5.75 Å². The number of hydrogen-bond donors (Lipinski definition) is 2. The number of aliphatic hydroxyl groups excluding tert-OH is 1. The standard InChI is InChI=1S/C18H26ClFN2O2/c1-18(2)11-22(13-6-4-3-5-12(13)21-18)14-7-8-15(24-10-9-23)16(19)17(14)20/h7-8,12-13,21,23H,3-6,9-11H2,1-2H3/t12-,13+/m1/s1. The summed E-state index contributed by atoms with van der Waals surface area (Å²) in [6, 6.07) is 4.12. The van der Waals surface area contributed by atoms with Gasteiger partial charge in [-0.15, -0.1) is 0 Å². The lowest BCUT2D eigenvalue weighted by Crippen LogP contribution is -2.67. The lowest BCUT2D eigenvalue weighted by molar-refractivity contribution is 0.197. The maximum Gasteiger partial charge on any atom is 0.168 e. The molecule has 2 aliphatic rings. The van der Waals surface area contributed by atoms with Crippen molar-refractivity contribution in [2.45, 2.75) is 57.2 Å². The number of ether oxygens (including phenoxy) is 1. The molecule has 1 aromatic rings. The first kappa shape index (κ1) is 17.8. The number of hydrogen-bond acceptors (Lipinski definition) is 4. The Bertz CT molecular complexity index is 597. The monoisotopic (exact) mass is 356 g/mol. The number of benzene rings is 1. The maximum atomic E-state index is 14.9. The molecule has 2 N–H and O–H groups in total. The second-order valence-electron chi connectivity index (χ2n) is 7.40. The Morgan fingerprint density at radius 2 is 2.12 bits per heavy atom. The zero-order valence-electron chi connectivity index (χ0n) is 14.3. The van der Waals surface area contributed by atoms with Gasteiger partial charge in [0.25, 0.3) is 0 Å². The van der Waals surface area contributed by atoms with Gasteiger partial charge in [0.2, 0.25) is 0 Å². The van der Waals surface area contributed by atoms with Gasteiger partial charge in [-0.2, -0.15) is 0 Å². The highest BCUT2D eigenvalue weighted by atomic mass is 35.5. The van der Waals surface area contributed by atoms with Crippen LogP contribution < -0.4 is 15.0 Å². The Labute approximate surface area is 147 Å². The van der Waals surface area contributed by atoms with E-state index in [2.05, 4.69) is 24.1 Å². The summed E-state index contributed by atoms with van der Waals surface area (Å²) < 4.78 is 20.3. The average Bonchev–Trinajstić information content (AvgIpc) is 2.55. The fourth-order valence-electron chi connectivity index (χ4n) is 4.02. The van der Waals surface area contributed by atoms with E-state index in [-0.39, 0.29) is 29.5 Å². The number of halogens is 2. The Morgan fingerprint density at radius 1 is 1.38 bits per heavy atom. The van der Waals surface area contributed by atoms with E-state index in [1.807, 2.05) is 0 Å². The van der Waals surface area contributed by atoms with E-state index in [1.165, 1.54) is 12.8 Å². The topological polar surface area (TPSA) is 44.7 Å². The van der Waals surface area contributed by atoms with Crippen LogP contribution in [0.2, 0.25) is 5.02 Å². The van der Waals surface area contributed by atoms with Gasteiger partial charge >= 0.3 is 0 Å². The van der Waals surface area contributed by atoms with Crippen LogP contribution in [-0.4, -0.2) is 42.5 Å². The van der Waals surface area contributed by atoms with Crippen LogP contribution in [0.4, 0.5) is 10.1 Å². The van der Waals surface area contributed by atoms with Crippen LogP contribution in [0.1, 0.15) is 39.5 Å². The molecule has 2 fully saturated rings. The van der Waals surface area contributed by atoms with Crippen LogP contribution in [0.15, 0.2) is 12.1 Å². The average molecular weight is 357 g/mol. The van der Waals surface area contributed by atoms with Crippen LogP contribution in [0.25, 0.3) is 0 Å². The van der Waals surface area contributed by atoms with Gasteiger partial charge < -0.3 is 20.1 Å². The molecule has 0 amide bonds. The van der Waals surface area contributed by atoms with Crippen LogP contribution in [-0.2, 0) is 0 Å². The molecule has 4 nitrogen and oxygen atoms in total. The minimum Gasteiger partial charge on any atom is -0.490 e. The Morgan fingerprint density at radius 3 is 2.88 bits per heavy atom. The van der Waals surface area contributed by atoms with E-state index in [9.17, 15) is 4.39 Å². The molecule has 0 spiro atoms. The van der Waals surface area contributed by atoms with E-state index in [0.717, 1.165) is 19.4 Å². The minimum absolute atomic E-state index is 0.00958. The highest BCUT2D eigenvalue weighted by Crippen LogP contribution is 2.39. The Kier molecular flexibility index (Phi) is 5.23. The van der Waals surface area contributed by atoms with Crippen molar-refractivity contribution in [1.29, 1.82) is 0 Å². The second-order valence-corrected chi connectivity index (χ2v) is 7.78. The predicted octanol–water partition coefficient (Wildman–Crippen LogP) is 3.35. The summed E-state index contributed by atoms with van der Waals surface area (Å²) in [5, 5.41) is 12.6. The smallest absolute Gasteiger partial charge is 0.168 e. The summed E-state index contributed by atoms with van der Waals surface area (Å²) in [7, 11) is 0. The quantitative estimate of drug-likeness (QED) is 0.868. The highest BCUT2D eigenvalue weighted by Gasteiger charge is 2.41. The molecule has 3 rings (SSSR count). The van der Waals surface area contributed by atoms with Crippen LogP contribution in [0.5, 0.6) is 5.75 Å². The summed E-state index contributed by atoms with van der Waals surface area (Å²) in [5.41, 5.74) is 0.464. The summed E-state index contributed by atoms with van der Waals surface area (Å²) >= 11 is 6.18. The van der Waals surface area contributed by atoms with E-state index in [1.54, 1.807) is 12.1 Å². The zero-order valence-corrected chi connectivity index (χ0v) is 15.1. The van der Waals surface area contributed by atoms with Crippen LogP contribution in [0.3, 0.4) is 0 Å². The Balaban J connectivity index is 1.92. The van der Waals surface area contributed by atoms with E-state index in [4.69, 9.17) is 21.4 Å². The first-order valence-corrected chi connectivity index (χ1v) is 9.07. The molecule has 1 aromatic carbocycles. The van der Waals surface area contributed by atoms with Crippen molar-refractivity contribution in [2.75, 3.05) is 24.7 Å². The SMILES string of the molecule is CC1(C)CN(c2ccc(OCCO)c(Cl)c2F)[C@H]2CCCC[C@H]2N1. The molecule has 134 valence electrons. The lowest BCUT2D eigenvalue weighted by Gasteiger charge is -2.52. The van der Waals surface area contributed by atoms with Gasteiger partial charge in [0.05, 0.1) is 12.3 Å². The van der Waals surface area contributed by atoms with Gasteiger partial charge in [-0.1, -0.05) is 24.4 Å². The molecular weight excluding hydrogens is 331 g/mol. The largest absolute Gasteiger partial charge is 0.490 e. The molecule has 1 heterocycles. The zero-order chi connectivity index (χ0) is 17.3.